The lowest BCUT2D eigenvalue weighted by Crippen LogP contribution is -2.00. The predicted molar refractivity (Wildman–Crippen MR) is 131 cm³/mol. The molecular formula is C28H17ClN4. The topological polar surface area (TPSA) is 62.5 Å². The molecule has 5 rings (SSSR count). The molecular weight excluding hydrogens is 428 g/mol. The highest BCUT2D eigenvalue weighted by Gasteiger charge is 2.13. The molecule has 0 unspecified atom stereocenters. The largest absolute Gasteiger partial charge is 0.208 e. The van der Waals surface area contributed by atoms with E-state index < -0.39 is 0 Å². The molecule has 0 aliphatic heterocycles. The molecule has 0 spiro atoms. The zero-order valence-electron chi connectivity index (χ0n) is 17.5. The van der Waals surface area contributed by atoms with Crippen LogP contribution in [0.15, 0.2) is 103 Å². The predicted octanol–water partition coefficient (Wildman–Crippen LogP) is 7.06. The summed E-state index contributed by atoms with van der Waals surface area (Å²) in [6.45, 7) is 0. The van der Waals surface area contributed by atoms with Crippen molar-refractivity contribution in [3.05, 3.63) is 114 Å². The first-order chi connectivity index (χ1) is 16.2. The number of halogens is 1. The fraction of sp³-hybridized carbons (Fsp3) is 0. The quantitative estimate of drug-likeness (QED) is 0.297. The average Bonchev–Trinajstić information content (AvgIpc) is 2.89. The lowest BCUT2D eigenvalue weighted by Gasteiger charge is -2.10. The maximum atomic E-state index is 9.57. The molecule has 0 aliphatic rings. The molecule has 5 aromatic rings. The van der Waals surface area contributed by atoms with E-state index in [0.29, 0.717) is 28.1 Å². The van der Waals surface area contributed by atoms with Gasteiger partial charge in [-0.3, -0.25) is 0 Å². The smallest absolute Gasteiger partial charge is 0.164 e. The van der Waals surface area contributed by atoms with Gasteiger partial charge in [-0.25, -0.2) is 15.0 Å². The Morgan fingerprint density at radius 1 is 0.545 bits per heavy atom. The maximum Gasteiger partial charge on any atom is 0.164 e. The van der Waals surface area contributed by atoms with Crippen LogP contribution in [0.1, 0.15) is 5.56 Å². The Kier molecular flexibility index (Phi) is 5.63. The van der Waals surface area contributed by atoms with Crippen molar-refractivity contribution in [3.63, 3.8) is 0 Å². The SMILES string of the molecule is N#Cc1cc(Cl)ccc1-c1cccc(-c2nc(-c3ccccc3)nc(-c3ccccc3)n2)c1. The van der Waals surface area contributed by atoms with Crippen LogP contribution in [0.4, 0.5) is 0 Å². The third kappa shape index (κ3) is 4.36. The van der Waals surface area contributed by atoms with E-state index in [1.165, 1.54) is 0 Å². The van der Waals surface area contributed by atoms with Crippen LogP contribution in [0.2, 0.25) is 5.02 Å². The van der Waals surface area contributed by atoms with Crippen LogP contribution in [-0.2, 0) is 0 Å². The molecule has 156 valence electrons. The van der Waals surface area contributed by atoms with E-state index >= 15 is 0 Å². The molecule has 1 heterocycles. The summed E-state index contributed by atoms with van der Waals surface area (Å²) < 4.78 is 0. The van der Waals surface area contributed by atoms with Crippen LogP contribution in [0.25, 0.3) is 45.3 Å². The minimum Gasteiger partial charge on any atom is -0.208 e. The van der Waals surface area contributed by atoms with Gasteiger partial charge in [0.1, 0.15) is 0 Å². The van der Waals surface area contributed by atoms with Gasteiger partial charge in [0, 0.05) is 21.7 Å². The van der Waals surface area contributed by atoms with Crippen molar-refractivity contribution in [2.24, 2.45) is 0 Å². The first-order valence-electron chi connectivity index (χ1n) is 10.4. The number of aromatic nitrogens is 3. The highest BCUT2D eigenvalue weighted by molar-refractivity contribution is 6.30. The van der Waals surface area contributed by atoms with E-state index in [4.69, 9.17) is 26.6 Å². The molecule has 1 aromatic heterocycles. The summed E-state index contributed by atoms with van der Waals surface area (Å²) in [5, 5.41) is 10.1. The van der Waals surface area contributed by atoms with E-state index in [0.717, 1.165) is 27.8 Å². The Labute approximate surface area is 196 Å². The van der Waals surface area contributed by atoms with Crippen LogP contribution >= 0.6 is 11.6 Å². The number of nitriles is 1. The zero-order valence-corrected chi connectivity index (χ0v) is 18.2. The molecule has 0 bridgehead atoms. The summed E-state index contributed by atoms with van der Waals surface area (Å²) in [5.41, 5.74) is 4.89. The third-order valence-electron chi connectivity index (χ3n) is 5.23. The Morgan fingerprint density at radius 3 is 1.64 bits per heavy atom. The van der Waals surface area contributed by atoms with Gasteiger partial charge in [0.2, 0.25) is 0 Å². The van der Waals surface area contributed by atoms with E-state index in [9.17, 15) is 5.26 Å². The zero-order chi connectivity index (χ0) is 22.6. The summed E-state index contributed by atoms with van der Waals surface area (Å²) in [4.78, 5) is 14.3. The minimum absolute atomic E-state index is 0.519. The molecule has 0 radical (unpaired) electrons. The monoisotopic (exact) mass is 444 g/mol. The van der Waals surface area contributed by atoms with Crippen molar-refractivity contribution < 1.29 is 0 Å². The summed E-state index contributed by atoms with van der Waals surface area (Å²) in [7, 11) is 0. The van der Waals surface area contributed by atoms with E-state index in [1.807, 2.05) is 91.0 Å². The lowest BCUT2D eigenvalue weighted by molar-refractivity contribution is 1.07. The average molecular weight is 445 g/mol. The van der Waals surface area contributed by atoms with Crippen LogP contribution in [0, 0.1) is 11.3 Å². The molecule has 0 saturated carbocycles. The molecule has 5 heteroatoms. The lowest BCUT2D eigenvalue weighted by atomic mass is 9.98. The van der Waals surface area contributed by atoms with Gasteiger partial charge in [0.15, 0.2) is 17.5 Å². The second kappa shape index (κ2) is 9.04. The van der Waals surface area contributed by atoms with Crippen molar-refractivity contribution in [1.29, 1.82) is 5.26 Å². The Morgan fingerprint density at radius 2 is 1.06 bits per heavy atom. The standard InChI is InChI=1S/C28H17ClN4/c29-24-14-15-25(23(17-24)18-30)21-12-7-13-22(16-21)28-32-26(19-8-3-1-4-9-19)31-27(33-28)20-10-5-2-6-11-20/h1-17H. The van der Waals surface area contributed by atoms with Crippen LogP contribution in [0.3, 0.4) is 0 Å². The number of hydrogen-bond acceptors (Lipinski definition) is 4. The van der Waals surface area contributed by atoms with Crippen molar-refractivity contribution in [3.8, 4) is 51.4 Å². The van der Waals surface area contributed by atoms with Gasteiger partial charge < -0.3 is 0 Å². The fourth-order valence-corrected chi connectivity index (χ4v) is 3.80. The molecule has 33 heavy (non-hydrogen) atoms. The van der Waals surface area contributed by atoms with Crippen LogP contribution in [-0.4, -0.2) is 15.0 Å². The Bertz CT molecular complexity index is 1420. The van der Waals surface area contributed by atoms with Crippen LogP contribution in [0.5, 0.6) is 0 Å². The van der Waals surface area contributed by atoms with Crippen molar-refractivity contribution in [2.45, 2.75) is 0 Å². The summed E-state index contributed by atoms with van der Waals surface area (Å²) in [6, 6.07) is 35.1. The highest BCUT2D eigenvalue weighted by atomic mass is 35.5. The summed E-state index contributed by atoms with van der Waals surface area (Å²) >= 11 is 6.08. The number of benzene rings is 4. The number of rotatable bonds is 4. The molecule has 0 saturated heterocycles. The molecule has 0 aliphatic carbocycles. The van der Waals surface area contributed by atoms with Crippen molar-refractivity contribution in [2.75, 3.05) is 0 Å². The minimum atomic E-state index is 0.519. The van der Waals surface area contributed by atoms with Gasteiger partial charge >= 0.3 is 0 Å². The van der Waals surface area contributed by atoms with Gasteiger partial charge in [-0.15, -0.1) is 0 Å². The first kappa shape index (κ1) is 20.6. The normalized spacial score (nSPS) is 10.5. The van der Waals surface area contributed by atoms with E-state index in [2.05, 4.69) is 6.07 Å². The number of hydrogen-bond donors (Lipinski definition) is 0. The molecule has 4 nitrogen and oxygen atoms in total. The molecule has 0 fully saturated rings. The highest BCUT2D eigenvalue weighted by Crippen LogP contribution is 2.30. The molecule has 4 aromatic carbocycles. The fourth-order valence-electron chi connectivity index (χ4n) is 3.62. The Balaban J connectivity index is 1.67. The van der Waals surface area contributed by atoms with Crippen molar-refractivity contribution >= 4 is 11.6 Å². The van der Waals surface area contributed by atoms with E-state index in [-0.39, 0.29) is 0 Å². The molecule has 0 N–H and O–H groups in total. The summed E-state index contributed by atoms with van der Waals surface area (Å²) in [6.07, 6.45) is 0. The van der Waals surface area contributed by atoms with E-state index in [1.54, 1.807) is 12.1 Å². The second-order valence-corrected chi connectivity index (χ2v) is 7.86. The first-order valence-corrected chi connectivity index (χ1v) is 10.8. The summed E-state index contributed by atoms with van der Waals surface area (Å²) in [5.74, 6) is 1.78. The Hall–Kier alpha value is -4.33. The van der Waals surface area contributed by atoms with Gasteiger partial charge in [0.25, 0.3) is 0 Å². The maximum absolute atomic E-state index is 9.57. The van der Waals surface area contributed by atoms with Crippen molar-refractivity contribution in [1.82, 2.24) is 15.0 Å². The number of nitrogens with zero attached hydrogens (tertiary/aromatic N) is 4. The third-order valence-corrected chi connectivity index (χ3v) is 5.47. The molecule has 0 atom stereocenters. The van der Waals surface area contributed by atoms with Gasteiger partial charge in [-0.05, 0) is 29.3 Å². The van der Waals surface area contributed by atoms with Gasteiger partial charge in [0.05, 0.1) is 11.6 Å². The van der Waals surface area contributed by atoms with Gasteiger partial charge in [-0.1, -0.05) is 96.5 Å². The van der Waals surface area contributed by atoms with Gasteiger partial charge in [-0.2, -0.15) is 5.26 Å². The van der Waals surface area contributed by atoms with Crippen LogP contribution < -0.4 is 0 Å². The second-order valence-electron chi connectivity index (χ2n) is 7.42. The molecule has 0 amide bonds.